The number of carbonyl (C=O) groups excluding carboxylic acids is 2. The molecule has 1 aliphatic rings. The lowest BCUT2D eigenvalue weighted by atomic mass is 10.2. The lowest BCUT2D eigenvalue weighted by Gasteiger charge is -2.23. The van der Waals surface area contributed by atoms with Crippen LogP contribution in [-0.2, 0) is 19.6 Å². The molecule has 0 saturated carbocycles. The standard InChI is InChI=1S/C18H22N2O4S2/c1-3-7-14(2)18(22)20-13-25-12-16(20)17(21)19-26(23,24)11-10-15-8-5-4-6-9-15/h4-11,16H,3,12-13H2,1-2H3,(H,19,21)/b11-10+,14-7+. The van der Waals surface area contributed by atoms with Crippen molar-refractivity contribution in [3.05, 3.63) is 53.0 Å². The Hall–Kier alpha value is -2.06. The topological polar surface area (TPSA) is 83.6 Å². The molecule has 0 bridgehead atoms. The summed E-state index contributed by atoms with van der Waals surface area (Å²) >= 11 is 1.42. The average molecular weight is 395 g/mol. The van der Waals surface area contributed by atoms with Crippen LogP contribution >= 0.6 is 11.8 Å². The van der Waals surface area contributed by atoms with Crippen LogP contribution < -0.4 is 4.72 Å². The van der Waals surface area contributed by atoms with Crippen molar-refractivity contribution in [3.8, 4) is 0 Å². The molecule has 1 aromatic carbocycles. The number of nitrogens with zero attached hydrogens (tertiary/aromatic N) is 1. The van der Waals surface area contributed by atoms with E-state index in [2.05, 4.69) is 0 Å². The van der Waals surface area contributed by atoms with Gasteiger partial charge >= 0.3 is 0 Å². The first kappa shape index (κ1) is 20.3. The Morgan fingerprint density at radius 2 is 2.00 bits per heavy atom. The molecule has 0 aromatic heterocycles. The van der Waals surface area contributed by atoms with Crippen LogP contribution in [0.15, 0.2) is 47.4 Å². The second-order valence-electron chi connectivity index (χ2n) is 5.81. The number of hydrogen-bond donors (Lipinski definition) is 1. The Bertz CT molecular complexity index is 817. The van der Waals surface area contributed by atoms with Gasteiger partial charge in [0.2, 0.25) is 0 Å². The first-order chi connectivity index (χ1) is 12.3. The van der Waals surface area contributed by atoms with Crippen molar-refractivity contribution in [2.45, 2.75) is 26.3 Å². The van der Waals surface area contributed by atoms with Gasteiger partial charge in [0.1, 0.15) is 6.04 Å². The largest absolute Gasteiger partial charge is 0.317 e. The molecule has 26 heavy (non-hydrogen) atoms. The first-order valence-corrected chi connectivity index (χ1v) is 10.9. The molecule has 1 fully saturated rings. The summed E-state index contributed by atoms with van der Waals surface area (Å²) < 4.78 is 26.3. The van der Waals surface area contributed by atoms with Crippen LogP contribution in [0.3, 0.4) is 0 Å². The van der Waals surface area contributed by atoms with Gasteiger partial charge in [-0.3, -0.25) is 9.59 Å². The Labute approximate surface area is 158 Å². The zero-order chi connectivity index (χ0) is 19.2. The molecule has 1 aliphatic heterocycles. The highest BCUT2D eigenvalue weighted by Crippen LogP contribution is 2.23. The van der Waals surface area contributed by atoms with Crippen molar-refractivity contribution in [2.75, 3.05) is 11.6 Å². The van der Waals surface area contributed by atoms with E-state index in [1.807, 2.05) is 17.7 Å². The molecule has 8 heteroatoms. The van der Waals surface area contributed by atoms with Crippen molar-refractivity contribution in [1.82, 2.24) is 9.62 Å². The highest BCUT2D eigenvalue weighted by Gasteiger charge is 2.36. The fraction of sp³-hybridized carbons (Fsp3) is 0.333. The van der Waals surface area contributed by atoms with E-state index in [0.717, 1.165) is 5.41 Å². The molecule has 6 nitrogen and oxygen atoms in total. The molecule has 1 N–H and O–H groups in total. The Balaban J connectivity index is 2.06. The number of rotatable bonds is 6. The zero-order valence-corrected chi connectivity index (χ0v) is 16.3. The van der Waals surface area contributed by atoms with Gasteiger partial charge in [0.15, 0.2) is 0 Å². The number of allylic oxidation sites excluding steroid dienone is 1. The van der Waals surface area contributed by atoms with E-state index in [4.69, 9.17) is 0 Å². The molecule has 1 heterocycles. The summed E-state index contributed by atoms with van der Waals surface area (Å²) in [5.74, 6) is -0.194. The maximum Gasteiger partial charge on any atom is 0.257 e. The maximum atomic E-state index is 12.4. The summed E-state index contributed by atoms with van der Waals surface area (Å²) in [5.41, 5.74) is 1.26. The second kappa shape index (κ2) is 9.05. The van der Waals surface area contributed by atoms with Crippen molar-refractivity contribution < 1.29 is 18.0 Å². The summed E-state index contributed by atoms with van der Waals surface area (Å²) in [6.45, 7) is 3.62. The van der Waals surface area contributed by atoms with Crippen LogP contribution in [0.25, 0.3) is 6.08 Å². The molecule has 1 unspecified atom stereocenters. The van der Waals surface area contributed by atoms with Gasteiger partial charge in [0.25, 0.3) is 21.8 Å². The molecule has 0 spiro atoms. The number of hydrogen-bond acceptors (Lipinski definition) is 5. The monoisotopic (exact) mass is 394 g/mol. The summed E-state index contributed by atoms with van der Waals surface area (Å²) in [4.78, 5) is 26.3. The third-order valence-corrected chi connectivity index (χ3v) is 5.77. The molecular weight excluding hydrogens is 372 g/mol. The predicted octanol–water partition coefficient (Wildman–Crippen LogP) is 2.36. The third kappa shape index (κ3) is 5.47. The minimum atomic E-state index is -3.94. The van der Waals surface area contributed by atoms with Crippen molar-refractivity contribution in [3.63, 3.8) is 0 Å². The second-order valence-corrected chi connectivity index (χ2v) is 8.38. The number of sulfonamides is 1. The van der Waals surface area contributed by atoms with E-state index in [1.54, 1.807) is 37.3 Å². The molecule has 1 atom stereocenters. The minimum Gasteiger partial charge on any atom is -0.317 e. The Morgan fingerprint density at radius 1 is 1.31 bits per heavy atom. The summed E-state index contributed by atoms with van der Waals surface area (Å²) in [7, 11) is -3.94. The van der Waals surface area contributed by atoms with Gasteiger partial charge in [-0.15, -0.1) is 11.8 Å². The van der Waals surface area contributed by atoms with Crippen molar-refractivity contribution in [2.24, 2.45) is 0 Å². The smallest absolute Gasteiger partial charge is 0.257 e. The summed E-state index contributed by atoms with van der Waals surface area (Å²) in [6, 6.07) is 8.11. The fourth-order valence-electron chi connectivity index (χ4n) is 2.45. The van der Waals surface area contributed by atoms with E-state index in [0.29, 0.717) is 29.2 Å². The van der Waals surface area contributed by atoms with E-state index in [1.165, 1.54) is 22.7 Å². The van der Waals surface area contributed by atoms with Crippen LogP contribution in [0.2, 0.25) is 0 Å². The number of nitrogens with one attached hydrogen (secondary N) is 1. The molecule has 0 radical (unpaired) electrons. The van der Waals surface area contributed by atoms with Crippen molar-refractivity contribution in [1.29, 1.82) is 0 Å². The van der Waals surface area contributed by atoms with Gasteiger partial charge in [0, 0.05) is 11.3 Å². The van der Waals surface area contributed by atoms with Gasteiger partial charge < -0.3 is 4.90 Å². The molecule has 1 saturated heterocycles. The number of amides is 2. The number of carbonyl (C=O) groups is 2. The molecular formula is C18H22N2O4S2. The lowest BCUT2D eigenvalue weighted by molar-refractivity contribution is -0.134. The van der Waals surface area contributed by atoms with Crippen LogP contribution in [-0.4, -0.2) is 42.8 Å². The maximum absolute atomic E-state index is 12.4. The van der Waals surface area contributed by atoms with Gasteiger partial charge in [0.05, 0.1) is 11.3 Å². The van der Waals surface area contributed by atoms with Gasteiger partial charge in [-0.2, -0.15) is 0 Å². The predicted molar refractivity (Wildman–Crippen MR) is 105 cm³/mol. The van der Waals surface area contributed by atoms with Crippen LogP contribution in [0.4, 0.5) is 0 Å². The van der Waals surface area contributed by atoms with E-state index in [9.17, 15) is 18.0 Å². The third-order valence-electron chi connectivity index (χ3n) is 3.78. The SMILES string of the molecule is CC/C=C(\C)C(=O)N1CSCC1C(=O)NS(=O)(=O)/C=C/c1ccccc1. The summed E-state index contributed by atoms with van der Waals surface area (Å²) in [6.07, 6.45) is 3.92. The highest BCUT2D eigenvalue weighted by atomic mass is 32.2. The molecule has 1 aromatic rings. The zero-order valence-electron chi connectivity index (χ0n) is 14.7. The molecule has 2 rings (SSSR count). The number of benzene rings is 1. The highest BCUT2D eigenvalue weighted by molar-refractivity contribution is 7.99. The van der Waals surface area contributed by atoms with Crippen LogP contribution in [0.1, 0.15) is 25.8 Å². The van der Waals surface area contributed by atoms with Crippen LogP contribution in [0.5, 0.6) is 0 Å². The van der Waals surface area contributed by atoms with E-state index >= 15 is 0 Å². The molecule has 0 aliphatic carbocycles. The molecule has 140 valence electrons. The first-order valence-electron chi connectivity index (χ1n) is 8.19. The van der Waals surface area contributed by atoms with Gasteiger partial charge in [-0.05, 0) is 25.0 Å². The Kier molecular flexibility index (Phi) is 7.05. The van der Waals surface area contributed by atoms with E-state index in [-0.39, 0.29) is 5.91 Å². The number of thioether (sulfide) groups is 1. The molecule has 2 amide bonds. The average Bonchev–Trinajstić information content (AvgIpc) is 3.10. The van der Waals surface area contributed by atoms with Gasteiger partial charge in [-0.1, -0.05) is 43.3 Å². The van der Waals surface area contributed by atoms with Crippen LogP contribution in [0, 0.1) is 0 Å². The van der Waals surface area contributed by atoms with E-state index < -0.39 is 22.0 Å². The van der Waals surface area contributed by atoms with Crippen molar-refractivity contribution >= 4 is 39.7 Å². The fourth-order valence-corrected chi connectivity index (χ4v) is 4.43. The van der Waals surface area contributed by atoms with Gasteiger partial charge in [-0.25, -0.2) is 13.1 Å². The minimum absolute atomic E-state index is 0.241. The summed E-state index contributed by atoms with van der Waals surface area (Å²) in [5, 5.41) is 0.955. The quantitative estimate of drug-likeness (QED) is 0.749. The normalized spacial score (nSPS) is 18.3. The Morgan fingerprint density at radius 3 is 2.65 bits per heavy atom. The lowest BCUT2D eigenvalue weighted by Crippen LogP contribution is -2.48.